The van der Waals surface area contributed by atoms with Crippen LogP contribution in [0.5, 0.6) is 0 Å². The third-order valence-corrected chi connectivity index (χ3v) is 0.884. The maximum absolute atomic E-state index is 9.58. The Hall–Kier alpha value is -0.330. The molecule has 0 atom stereocenters. The van der Waals surface area contributed by atoms with E-state index >= 15 is 0 Å². The first-order valence-corrected chi connectivity index (χ1v) is 3.63. The van der Waals surface area contributed by atoms with E-state index in [0.29, 0.717) is 4.43 Å². The number of alkyl halides is 1. The Bertz CT molecular complexity index is 101. The molecule has 0 saturated heterocycles. The van der Waals surface area contributed by atoms with Crippen LogP contribution < -0.4 is 11.5 Å². The molecule has 0 fully saturated rings. The van der Waals surface area contributed by atoms with Gasteiger partial charge >= 0.3 is 0 Å². The van der Waals surface area contributed by atoms with Gasteiger partial charge in [0.15, 0.2) is 0 Å². The van der Waals surface area contributed by atoms with Crippen molar-refractivity contribution in [2.24, 2.45) is 11.5 Å². The van der Waals surface area contributed by atoms with E-state index in [1.807, 2.05) is 22.6 Å². The van der Waals surface area contributed by atoms with Crippen LogP contribution >= 0.6 is 22.6 Å². The van der Waals surface area contributed by atoms with Gasteiger partial charge in [-0.3, -0.25) is 9.59 Å². The van der Waals surface area contributed by atoms with Crippen LogP contribution in [0.4, 0.5) is 0 Å². The summed E-state index contributed by atoms with van der Waals surface area (Å²) in [5, 5.41) is 0. The van der Waals surface area contributed by atoms with E-state index in [4.69, 9.17) is 0 Å². The maximum Gasteiger partial charge on any atom is 0.227 e. The number of carbonyl (C=O) groups excluding carboxylic acids is 2. The third kappa shape index (κ3) is 88.4. The van der Waals surface area contributed by atoms with Crippen molar-refractivity contribution in [3.8, 4) is 0 Å². The lowest BCUT2D eigenvalue weighted by molar-refractivity contribution is -0.116. The van der Waals surface area contributed by atoms with Gasteiger partial charge in [-0.2, -0.15) is 0 Å². The molecule has 0 aromatic heterocycles. The molecule has 0 radical (unpaired) electrons. The summed E-state index contributed by atoms with van der Waals surface area (Å²) in [5.41, 5.74) is 9.12. The van der Waals surface area contributed by atoms with Crippen molar-refractivity contribution in [3.05, 3.63) is 0 Å². The molecule has 2 amide bonds. The molecular weight excluding hydrogens is 235 g/mol. The topological polar surface area (TPSA) is 86.2 Å². The van der Waals surface area contributed by atoms with E-state index in [1.165, 1.54) is 6.92 Å². The first-order valence-electron chi connectivity index (χ1n) is 2.11. The van der Waals surface area contributed by atoms with Gasteiger partial charge in [0.25, 0.3) is 0 Å². The second-order valence-corrected chi connectivity index (χ2v) is 1.97. The first-order chi connectivity index (χ1) is 4.00. The van der Waals surface area contributed by atoms with E-state index in [1.54, 1.807) is 0 Å². The molecule has 5 heteroatoms. The summed E-state index contributed by atoms with van der Waals surface area (Å²) in [7, 11) is 0. The monoisotopic (exact) mass is 244 g/mol. The Labute approximate surface area is 67.1 Å². The summed E-state index contributed by atoms with van der Waals surface area (Å²) in [6, 6.07) is 0. The van der Waals surface area contributed by atoms with Gasteiger partial charge < -0.3 is 11.5 Å². The summed E-state index contributed by atoms with van der Waals surface area (Å²) in [6.07, 6.45) is 0. The molecule has 0 spiro atoms. The maximum atomic E-state index is 9.58. The van der Waals surface area contributed by atoms with E-state index in [0.717, 1.165) is 0 Å². The molecule has 0 rings (SSSR count). The van der Waals surface area contributed by atoms with Crippen LogP contribution in [-0.4, -0.2) is 16.2 Å². The van der Waals surface area contributed by atoms with Gasteiger partial charge in [-0.25, -0.2) is 0 Å². The second-order valence-electron chi connectivity index (χ2n) is 1.21. The van der Waals surface area contributed by atoms with Gasteiger partial charge in [0.1, 0.15) is 0 Å². The van der Waals surface area contributed by atoms with Crippen molar-refractivity contribution in [3.63, 3.8) is 0 Å². The molecule has 0 aliphatic heterocycles. The minimum Gasteiger partial charge on any atom is -0.370 e. The predicted octanol–water partition coefficient (Wildman–Crippen LogP) is -0.602. The highest BCUT2D eigenvalue weighted by molar-refractivity contribution is 14.1. The standard InChI is InChI=1S/C2H4INO.C2H5NO/c3-1-2(4)5;1-2(3)4/h1H2,(H2,4,5);1H3,(H2,3,4). The molecule has 0 heterocycles. The minimum atomic E-state index is -0.333. The second kappa shape index (κ2) is 7.67. The zero-order valence-corrected chi connectivity index (χ0v) is 7.21. The van der Waals surface area contributed by atoms with Crippen molar-refractivity contribution >= 4 is 34.4 Å². The molecule has 0 unspecified atom stereocenters. The summed E-state index contributed by atoms with van der Waals surface area (Å²) in [4.78, 5) is 18.8. The predicted molar refractivity (Wildman–Crippen MR) is 42.9 cm³/mol. The fourth-order valence-corrected chi connectivity index (χ4v) is 0. The molecule has 4 N–H and O–H groups in total. The normalized spacial score (nSPS) is 6.89. The highest BCUT2D eigenvalue weighted by Gasteiger charge is 1.79. The number of hydrogen-bond acceptors (Lipinski definition) is 2. The van der Waals surface area contributed by atoms with Gasteiger partial charge in [0.2, 0.25) is 11.8 Å². The number of primary amides is 2. The molecule has 9 heavy (non-hydrogen) atoms. The average Bonchev–Trinajstić information content (AvgIpc) is 1.65. The molecule has 0 bridgehead atoms. The highest BCUT2D eigenvalue weighted by Crippen LogP contribution is 1.72. The van der Waals surface area contributed by atoms with Crippen LogP contribution in [0.15, 0.2) is 0 Å². The molecular formula is C4H9IN2O2. The molecule has 0 aromatic rings. The number of amides is 2. The van der Waals surface area contributed by atoms with Crippen LogP contribution in [0.3, 0.4) is 0 Å². The van der Waals surface area contributed by atoms with E-state index in [2.05, 4.69) is 11.5 Å². The lowest BCUT2D eigenvalue weighted by atomic mass is 10.8. The molecule has 54 valence electrons. The van der Waals surface area contributed by atoms with Crippen LogP contribution in [-0.2, 0) is 9.59 Å². The van der Waals surface area contributed by atoms with Crippen LogP contribution in [0.2, 0.25) is 0 Å². The summed E-state index contributed by atoms with van der Waals surface area (Å²) < 4.78 is 0.414. The SMILES string of the molecule is CC(N)=O.NC(=O)CI. The lowest BCUT2D eigenvalue weighted by Gasteiger charge is -1.71. The smallest absolute Gasteiger partial charge is 0.227 e. The van der Waals surface area contributed by atoms with Gasteiger partial charge in [0, 0.05) is 6.92 Å². The number of carbonyl (C=O) groups is 2. The Balaban J connectivity index is 0. The number of rotatable bonds is 1. The summed E-state index contributed by atoms with van der Waals surface area (Å²) in [6.45, 7) is 1.31. The number of halogens is 1. The Morgan fingerprint density at radius 3 is 1.56 bits per heavy atom. The Morgan fingerprint density at radius 2 is 1.56 bits per heavy atom. The summed E-state index contributed by atoms with van der Waals surface area (Å²) in [5.74, 6) is -0.592. The van der Waals surface area contributed by atoms with Gasteiger partial charge in [0.05, 0.1) is 4.43 Å². The van der Waals surface area contributed by atoms with Crippen molar-refractivity contribution in [1.29, 1.82) is 0 Å². The Morgan fingerprint density at radius 1 is 1.44 bits per heavy atom. The van der Waals surface area contributed by atoms with E-state index < -0.39 is 0 Å². The zero-order valence-electron chi connectivity index (χ0n) is 5.06. The Kier molecular flexibility index (Phi) is 9.77. The summed E-state index contributed by atoms with van der Waals surface area (Å²) >= 11 is 1.90. The van der Waals surface area contributed by atoms with Crippen LogP contribution in [0, 0.1) is 0 Å². The van der Waals surface area contributed by atoms with Crippen molar-refractivity contribution in [1.82, 2.24) is 0 Å². The fraction of sp³-hybridized carbons (Fsp3) is 0.500. The minimum absolute atomic E-state index is 0.259. The molecule has 0 aromatic carbocycles. The average molecular weight is 244 g/mol. The van der Waals surface area contributed by atoms with E-state index in [-0.39, 0.29) is 11.8 Å². The van der Waals surface area contributed by atoms with Crippen molar-refractivity contribution in [2.75, 3.05) is 4.43 Å². The zero-order chi connectivity index (χ0) is 7.86. The lowest BCUT2D eigenvalue weighted by Crippen LogP contribution is -2.10. The fourth-order valence-electron chi connectivity index (χ4n) is 0. The third-order valence-electron chi connectivity index (χ3n) is 0.132. The molecule has 4 nitrogen and oxygen atoms in total. The largest absolute Gasteiger partial charge is 0.370 e. The van der Waals surface area contributed by atoms with Gasteiger partial charge in [-0.15, -0.1) is 0 Å². The highest BCUT2D eigenvalue weighted by atomic mass is 127. The van der Waals surface area contributed by atoms with Crippen molar-refractivity contribution < 1.29 is 9.59 Å². The van der Waals surface area contributed by atoms with Crippen LogP contribution in [0.25, 0.3) is 0 Å². The van der Waals surface area contributed by atoms with Crippen LogP contribution in [0.1, 0.15) is 6.92 Å². The molecule has 0 aliphatic carbocycles. The first kappa shape index (κ1) is 11.5. The van der Waals surface area contributed by atoms with Crippen molar-refractivity contribution in [2.45, 2.75) is 6.92 Å². The van der Waals surface area contributed by atoms with E-state index in [9.17, 15) is 9.59 Å². The molecule has 0 saturated carbocycles. The molecule has 0 aliphatic rings. The van der Waals surface area contributed by atoms with Gasteiger partial charge in [-0.05, 0) is 0 Å². The van der Waals surface area contributed by atoms with Gasteiger partial charge in [-0.1, -0.05) is 22.6 Å². The number of hydrogen-bond donors (Lipinski definition) is 2. The quantitative estimate of drug-likeness (QED) is 0.476. The number of nitrogens with two attached hydrogens (primary N) is 2.